The van der Waals surface area contributed by atoms with E-state index < -0.39 is 5.92 Å². The highest BCUT2D eigenvalue weighted by molar-refractivity contribution is 5.81. The predicted molar refractivity (Wildman–Crippen MR) is 71.4 cm³/mol. The zero-order chi connectivity index (χ0) is 13.7. The summed E-state index contributed by atoms with van der Waals surface area (Å²) in [6, 6.07) is 2.60. The molecule has 5 heteroatoms. The molecule has 5 nitrogen and oxygen atoms in total. The van der Waals surface area contributed by atoms with Crippen LogP contribution in [-0.2, 0) is 9.53 Å². The van der Waals surface area contributed by atoms with Crippen molar-refractivity contribution >= 4 is 5.91 Å². The zero-order valence-electron chi connectivity index (χ0n) is 11.7. The number of rotatable bonds is 4. The Hall–Kier alpha value is -1.12. The minimum atomic E-state index is -0.451. The Balaban J connectivity index is 1.86. The maximum absolute atomic E-state index is 12.3. The van der Waals surface area contributed by atoms with E-state index in [-0.39, 0.29) is 5.91 Å². The third-order valence-electron chi connectivity index (χ3n) is 4.07. The van der Waals surface area contributed by atoms with Gasteiger partial charge in [0.05, 0.1) is 19.3 Å². The van der Waals surface area contributed by atoms with Crippen molar-refractivity contribution in [1.82, 2.24) is 9.80 Å². The molecule has 0 spiro atoms. The number of nitriles is 1. The van der Waals surface area contributed by atoms with Crippen LogP contribution in [-0.4, -0.2) is 61.1 Å². The summed E-state index contributed by atoms with van der Waals surface area (Å²) < 4.78 is 5.36. The van der Waals surface area contributed by atoms with Gasteiger partial charge in [0.15, 0.2) is 0 Å². The molecule has 2 saturated heterocycles. The molecule has 2 aliphatic rings. The highest BCUT2D eigenvalue weighted by Crippen LogP contribution is 2.20. The summed E-state index contributed by atoms with van der Waals surface area (Å²) in [6.45, 7) is 7.09. The van der Waals surface area contributed by atoms with Crippen molar-refractivity contribution in [2.24, 2.45) is 5.92 Å². The molecule has 2 heterocycles. The topological polar surface area (TPSA) is 56.6 Å². The maximum Gasteiger partial charge on any atom is 0.239 e. The van der Waals surface area contributed by atoms with Crippen LogP contribution in [0.5, 0.6) is 0 Å². The molecule has 0 N–H and O–H groups in total. The molecule has 1 amide bonds. The van der Waals surface area contributed by atoms with Gasteiger partial charge in [-0.1, -0.05) is 13.3 Å². The first-order valence-corrected chi connectivity index (χ1v) is 7.26. The molecule has 0 aliphatic carbocycles. The average Bonchev–Trinajstić information content (AvgIpc) is 2.95. The van der Waals surface area contributed by atoms with Crippen molar-refractivity contribution in [1.29, 1.82) is 5.26 Å². The molecule has 19 heavy (non-hydrogen) atoms. The van der Waals surface area contributed by atoms with Gasteiger partial charge >= 0.3 is 0 Å². The summed E-state index contributed by atoms with van der Waals surface area (Å²) in [7, 11) is 0. The number of carbonyl (C=O) groups excluding carboxylic acids is 1. The number of ether oxygens (including phenoxy) is 1. The Labute approximate surface area is 115 Å². The van der Waals surface area contributed by atoms with E-state index in [1.807, 2.05) is 11.8 Å². The summed E-state index contributed by atoms with van der Waals surface area (Å²) in [6.07, 6.45) is 2.58. The van der Waals surface area contributed by atoms with Gasteiger partial charge in [-0.25, -0.2) is 0 Å². The molecular weight excluding hydrogens is 242 g/mol. The third kappa shape index (κ3) is 3.46. The second-order valence-electron chi connectivity index (χ2n) is 5.35. The van der Waals surface area contributed by atoms with Crippen molar-refractivity contribution in [3.05, 3.63) is 0 Å². The van der Waals surface area contributed by atoms with Crippen molar-refractivity contribution in [2.75, 3.05) is 39.4 Å². The van der Waals surface area contributed by atoms with E-state index >= 15 is 0 Å². The number of likely N-dealkylation sites (tertiary alicyclic amines) is 1. The van der Waals surface area contributed by atoms with Gasteiger partial charge in [-0.3, -0.25) is 9.69 Å². The van der Waals surface area contributed by atoms with Crippen molar-refractivity contribution in [3.63, 3.8) is 0 Å². The van der Waals surface area contributed by atoms with Crippen LogP contribution in [0, 0.1) is 17.2 Å². The van der Waals surface area contributed by atoms with Gasteiger partial charge in [0.1, 0.15) is 5.92 Å². The van der Waals surface area contributed by atoms with E-state index in [0.29, 0.717) is 12.5 Å². The van der Waals surface area contributed by atoms with Crippen molar-refractivity contribution in [2.45, 2.75) is 32.2 Å². The van der Waals surface area contributed by atoms with Gasteiger partial charge < -0.3 is 9.64 Å². The lowest BCUT2D eigenvalue weighted by atomic mass is 10.0. The molecule has 2 rings (SSSR count). The lowest BCUT2D eigenvalue weighted by Crippen LogP contribution is -2.45. The van der Waals surface area contributed by atoms with Gasteiger partial charge in [-0.2, -0.15) is 5.26 Å². The lowest BCUT2D eigenvalue weighted by Gasteiger charge is -2.32. The van der Waals surface area contributed by atoms with Crippen LogP contribution in [0.2, 0.25) is 0 Å². The predicted octanol–water partition coefficient (Wildman–Crippen LogP) is 0.859. The van der Waals surface area contributed by atoms with Gasteiger partial charge in [0, 0.05) is 32.2 Å². The molecule has 0 aromatic rings. The van der Waals surface area contributed by atoms with E-state index in [2.05, 4.69) is 11.0 Å². The summed E-state index contributed by atoms with van der Waals surface area (Å²) in [5.74, 6) is -0.423. The monoisotopic (exact) mass is 265 g/mol. The van der Waals surface area contributed by atoms with E-state index in [1.54, 1.807) is 0 Å². The number of hydrogen-bond acceptors (Lipinski definition) is 4. The fourth-order valence-corrected chi connectivity index (χ4v) is 2.93. The molecule has 106 valence electrons. The summed E-state index contributed by atoms with van der Waals surface area (Å²) in [5.41, 5.74) is 0. The number of nitrogens with zero attached hydrogens (tertiary/aromatic N) is 3. The van der Waals surface area contributed by atoms with Crippen LogP contribution in [0.25, 0.3) is 0 Å². The lowest BCUT2D eigenvalue weighted by molar-refractivity contribution is -0.133. The number of amides is 1. The molecule has 0 aromatic carbocycles. The summed E-state index contributed by atoms with van der Waals surface area (Å²) >= 11 is 0. The molecule has 0 saturated carbocycles. The smallest absolute Gasteiger partial charge is 0.239 e. The first-order valence-electron chi connectivity index (χ1n) is 7.26. The summed E-state index contributed by atoms with van der Waals surface area (Å²) in [5, 5.41) is 9.08. The van der Waals surface area contributed by atoms with Crippen LogP contribution in [0.1, 0.15) is 26.2 Å². The van der Waals surface area contributed by atoms with Crippen molar-refractivity contribution < 1.29 is 9.53 Å². The van der Waals surface area contributed by atoms with Gasteiger partial charge in [-0.05, 0) is 12.8 Å². The van der Waals surface area contributed by atoms with Gasteiger partial charge in [-0.15, -0.1) is 0 Å². The Kier molecular flexibility index (Phi) is 5.17. The minimum absolute atomic E-state index is 0.0279. The van der Waals surface area contributed by atoms with E-state index in [9.17, 15) is 4.79 Å². The first-order chi connectivity index (χ1) is 9.26. The highest BCUT2D eigenvalue weighted by atomic mass is 16.5. The molecule has 0 aromatic heterocycles. The van der Waals surface area contributed by atoms with E-state index in [4.69, 9.17) is 10.00 Å². The number of carbonyl (C=O) groups is 1. The maximum atomic E-state index is 12.3. The van der Waals surface area contributed by atoms with Crippen molar-refractivity contribution in [3.8, 4) is 6.07 Å². The molecule has 2 atom stereocenters. The molecular formula is C14H23N3O2. The first kappa shape index (κ1) is 14.3. The largest absolute Gasteiger partial charge is 0.379 e. The van der Waals surface area contributed by atoms with Gasteiger partial charge in [0.25, 0.3) is 0 Å². The molecule has 2 fully saturated rings. The minimum Gasteiger partial charge on any atom is -0.379 e. The normalized spacial score (nSPS) is 26.1. The quantitative estimate of drug-likeness (QED) is 0.756. The van der Waals surface area contributed by atoms with Crippen LogP contribution in [0.3, 0.4) is 0 Å². The summed E-state index contributed by atoms with van der Waals surface area (Å²) in [4.78, 5) is 16.5. The van der Waals surface area contributed by atoms with Crippen LogP contribution >= 0.6 is 0 Å². The van der Waals surface area contributed by atoms with Crippen LogP contribution < -0.4 is 0 Å². The van der Waals surface area contributed by atoms with E-state index in [0.717, 1.165) is 52.2 Å². The SMILES string of the molecule is CCCC(C#N)C(=O)N1CCC(N2CCOCC2)C1. The Morgan fingerprint density at radius 2 is 2.16 bits per heavy atom. The number of hydrogen-bond donors (Lipinski definition) is 0. The fraction of sp³-hybridized carbons (Fsp3) is 0.857. The average molecular weight is 265 g/mol. The van der Waals surface area contributed by atoms with E-state index in [1.165, 1.54) is 0 Å². The Morgan fingerprint density at radius 1 is 1.42 bits per heavy atom. The molecule has 2 unspecified atom stereocenters. The third-order valence-corrected chi connectivity index (χ3v) is 4.07. The zero-order valence-corrected chi connectivity index (χ0v) is 11.7. The second-order valence-corrected chi connectivity index (χ2v) is 5.35. The highest BCUT2D eigenvalue weighted by Gasteiger charge is 2.33. The molecule has 2 aliphatic heterocycles. The molecule has 0 radical (unpaired) electrons. The second kappa shape index (κ2) is 6.88. The Bertz CT molecular complexity index is 347. The standard InChI is InChI=1S/C14H23N3O2/c1-2-3-12(10-15)14(18)17-5-4-13(11-17)16-6-8-19-9-7-16/h12-13H,2-9,11H2,1H3. The fourth-order valence-electron chi connectivity index (χ4n) is 2.93. The molecule has 0 bridgehead atoms. The van der Waals surface area contributed by atoms with Gasteiger partial charge in [0.2, 0.25) is 5.91 Å². The van der Waals surface area contributed by atoms with Crippen LogP contribution in [0.4, 0.5) is 0 Å². The number of morpholine rings is 1. The van der Waals surface area contributed by atoms with Crippen LogP contribution in [0.15, 0.2) is 0 Å². The Morgan fingerprint density at radius 3 is 2.79 bits per heavy atom.